The van der Waals surface area contributed by atoms with Gasteiger partial charge in [-0.25, -0.2) is 0 Å². The molecule has 2 rings (SSSR count). The molecule has 4 unspecified atom stereocenters. The Hall–Kier alpha value is -2.00. The molecule has 4 atom stereocenters. The monoisotopic (exact) mass is 369 g/mol. The molecule has 0 aromatic carbocycles. The Kier molecular flexibility index (Phi) is 6.49. The van der Waals surface area contributed by atoms with Gasteiger partial charge in [0.2, 0.25) is 17.5 Å². The van der Waals surface area contributed by atoms with Crippen LogP contribution in [0.15, 0.2) is 21.9 Å². The lowest BCUT2D eigenvalue weighted by Gasteiger charge is -2.28. The van der Waals surface area contributed by atoms with Crippen LogP contribution in [0.25, 0.3) is 10.8 Å². The molecule has 10 heteroatoms. The van der Waals surface area contributed by atoms with Crippen molar-refractivity contribution in [3.05, 3.63) is 23.2 Å². The van der Waals surface area contributed by atoms with Gasteiger partial charge in [0.1, 0.15) is 30.5 Å². The molecule has 0 bridgehead atoms. The first-order valence-electron chi connectivity index (χ1n) is 7.38. The van der Waals surface area contributed by atoms with Crippen molar-refractivity contribution in [2.24, 2.45) is 0 Å². The first kappa shape index (κ1) is 19.3. The second kappa shape index (κ2) is 8.39. The topological polar surface area (TPSA) is 154 Å². The molecular weight excluding hydrogens is 350 g/mol. The van der Waals surface area contributed by atoms with Crippen LogP contribution in [-0.2, 0) is 0 Å². The predicted molar refractivity (Wildman–Crippen MR) is 88.9 cm³/mol. The minimum atomic E-state index is -1.72. The third-order valence-electron chi connectivity index (χ3n) is 3.58. The summed E-state index contributed by atoms with van der Waals surface area (Å²) in [7, 11) is 1.52. The second-order valence-corrected chi connectivity index (χ2v) is 6.39. The van der Waals surface area contributed by atoms with Crippen molar-refractivity contribution in [2.75, 3.05) is 25.1 Å². The predicted octanol–water partition coefficient (Wildman–Crippen LogP) is -0.853. The van der Waals surface area contributed by atoms with Crippen LogP contribution in [0.3, 0.4) is 0 Å². The lowest BCUT2D eigenvalue weighted by atomic mass is 10.0. The van der Waals surface area contributed by atoms with Crippen LogP contribution in [0, 0.1) is 11.3 Å². The number of aliphatic hydroxyl groups is 5. The van der Waals surface area contributed by atoms with E-state index in [2.05, 4.69) is 4.98 Å². The van der Waals surface area contributed by atoms with E-state index in [4.69, 9.17) is 9.52 Å². The Bertz CT molecular complexity index is 713. The molecule has 2 heterocycles. The summed E-state index contributed by atoms with van der Waals surface area (Å²) in [5, 5.41) is 58.7. The minimum Gasteiger partial charge on any atom is -0.418 e. The number of rotatable bonds is 8. The van der Waals surface area contributed by atoms with Gasteiger partial charge in [0, 0.05) is 13.6 Å². The molecule has 9 nitrogen and oxygen atoms in total. The molecule has 25 heavy (non-hydrogen) atoms. The van der Waals surface area contributed by atoms with Gasteiger partial charge < -0.3 is 34.8 Å². The van der Waals surface area contributed by atoms with Crippen molar-refractivity contribution in [2.45, 2.75) is 24.4 Å². The maximum absolute atomic E-state index is 10.0. The van der Waals surface area contributed by atoms with Gasteiger partial charge in [0.25, 0.3) is 0 Å². The summed E-state index contributed by atoms with van der Waals surface area (Å²) in [6.07, 6.45) is -6.47. The van der Waals surface area contributed by atoms with E-state index < -0.39 is 31.0 Å². The third-order valence-corrected chi connectivity index (χ3v) is 4.44. The highest BCUT2D eigenvalue weighted by atomic mass is 32.1. The maximum Gasteiger partial charge on any atom is 0.240 e. The fraction of sp³-hybridized carbons (Fsp3) is 0.467. The normalized spacial score (nSPS) is 16.0. The molecule has 0 amide bonds. The van der Waals surface area contributed by atoms with Crippen molar-refractivity contribution in [3.63, 3.8) is 0 Å². The van der Waals surface area contributed by atoms with Crippen LogP contribution >= 0.6 is 11.3 Å². The van der Waals surface area contributed by atoms with Crippen LogP contribution in [-0.4, -0.2) is 75.1 Å². The summed E-state index contributed by atoms with van der Waals surface area (Å²) in [6.45, 7) is -0.963. The molecule has 2 aromatic rings. The number of thiophene rings is 1. The summed E-state index contributed by atoms with van der Waals surface area (Å²) < 4.78 is 5.58. The van der Waals surface area contributed by atoms with E-state index in [1.165, 1.54) is 23.3 Å². The smallest absolute Gasteiger partial charge is 0.240 e. The average Bonchev–Trinajstić information content (AvgIpc) is 3.28. The fourth-order valence-corrected chi connectivity index (χ4v) is 2.83. The minimum absolute atomic E-state index is 0.0172. The van der Waals surface area contributed by atoms with Gasteiger partial charge in [-0.05, 0) is 11.4 Å². The van der Waals surface area contributed by atoms with Gasteiger partial charge in [-0.3, -0.25) is 0 Å². The highest BCUT2D eigenvalue weighted by Gasteiger charge is 2.31. The number of anilines is 1. The van der Waals surface area contributed by atoms with Crippen molar-refractivity contribution in [1.29, 1.82) is 5.26 Å². The summed E-state index contributed by atoms with van der Waals surface area (Å²) in [6, 6.07) is 5.50. The van der Waals surface area contributed by atoms with Gasteiger partial charge in [0.15, 0.2) is 0 Å². The zero-order valence-electron chi connectivity index (χ0n) is 13.3. The number of nitrogens with zero attached hydrogens (tertiary/aromatic N) is 3. The molecule has 0 aliphatic carbocycles. The second-order valence-electron chi connectivity index (χ2n) is 5.44. The molecule has 0 aliphatic rings. The van der Waals surface area contributed by atoms with Gasteiger partial charge in [-0.1, -0.05) is 6.07 Å². The molecule has 5 N–H and O–H groups in total. The van der Waals surface area contributed by atoms with E-state index >= 15 is 0 Å². The average molecular weight is 369 g/mol. The van der Waals surface area contributed by atoms with E-state index in [1.54, 1.807) is 6.07 Å². The molecule has 136 valence electrons. The van der Waals surface area contributed by atoms with Crippen molar-refractivity contribution in [3.8, 4) is 16.8 Å². The zero-order chi connectivity index (χ0) is 18.6. The first-order chi connectivity index (χ1) is 11.9. The van der Waals surface area contributed by atoms with E-state index in [0.717, 1.165) is 4.88 Å². The Labute approximate surface area is 147 Å². The third kappa shape index (κ3) is 4.35. The molecule has 0 radical (unpaired) electrons. The molecule has 0 spiro atoms. The first-order valence-corrected chi connectivity index (χ1v) is 8.26. The number of nitriles is 1. The molecule has 0 saturated carbocycles. The lowest BCUT2D eigenvalue weighted by Crippen LogP contribution is -2.49. The highest BCUT2D eigenvalue weighted by molar-refractivity contribution is 7.13. The van der Waals surface area contributed by atoms with Gasteiger partial charge >= 0.3 is 0 Å². The van der Waals surface area contributed by atoms with Crippen molar-refractivity contribution >= 4 is 17.2 Å². The Morgan fingerprint density at radius 2 is 1.96 bits per heavy atom. The molecular formula is C15H19N3O6S. The summed E-state index contributed by atoms with van der Waals surface area (Å²) in [4.78, 5) is 6.20. The summed E-state index contributed by atoms with van der Waals surface area (Å²) in [5.74, 6) is 0.369. The Balaban J connectivity index is 2.12. The van der Waals surface area contributed by atoms with Crippen LogP contribution < -0.4 is 4.90 Å². The molecule has 2 aromatic heterocycles. The highest BCUT2D eigenvalue weighted by Crippen LogP contribution is 2.30. The van der Waals surface area contributed by atoms with Gasteiger partial charge in [-0.15, -0.1) is 11.3 Å². The van der Waals surface area contributed by atoms with E-state index in [9.17, 15) is 25.7 Å². The van der Waals surface area contributed by atoms with Crippen LogP contribution in [0.4, 0.5) is 5.88 Å². The standard InChI is InChI=1S/C15H19N3O6S/c1-18(6-9(20)12(22)13(23)10(21)7-19)15-8(5-16)17-14(24-15)11-3-2-4-25-11/h2-4,9-10,12-13,19-23H,6-7H2,1H3. The number of aromatic nitrogens is 1. The SMILES string of the molecule is CN(CC(O)C(O)C(O)C(O)CO)c1oc(-c2cccs2)nc1C#N. The summed E-state index contributed by atoms with van der Waals surface area (Å²) >= 11 is 1.39. The number of aliphatic hydroxyl groups excluding tert-OH is 5. The Morgan fingerprint density at radius 3 is 2.52 bits per heavy atom. The molecule has 0 saturated heterocycles. The van der Waals surface area contributed by atoms with Crippen LogP contribution in [0.2, 0.25) is 0 Å². The lowest BCUT2D eigenvalue weighted by molar-refractivity contribution is -0.112. The van der Waals surface area contributed by atoms with Gasteiger partial charge in [-0.2, -0.15) is 10.2 Å². The number of hydrogen-bond acceptors (Lipinski definition) is 10. The Morgan fingerprint density at radius 1 is 1.28 bits per heavy atom. The van der Waals surface area contributed by atoms with E-state index in [1.807, 2.05) is 17.5 Å². The number of likely N-dealkylation sites (N-methyl/N-ethyl adjacent to an activating group) is 1. The largest absolute Gasteiger partial charge is 0.418 e. The van der Waals surface area contributed by atoms with Crippen molar-refractivity contribution < 1.29 is 29.9 Å². The summed E-state index contributed by atoms with van der Waals surface area (Å²) in [5.41, 5.74) is 0.0172. The fourth-order valence-electron chi connectivity index (χ4n) is 2.18. The zero-order valence-corrected chi connectivity index (χ0v) is 14.2. The van der Waals surface area contributed by atoms with E-state index in [-0.39, 0.29) is 24.0 Å². The molecule has 0 fully saturated rings. The quantitative estimate of drug-likeness (QED) is 0.400. The van der Waals surface area contributed by atoms with E-state index in [0.29, 0.717) is 0 Å². The number of oxazole rings is 1. The maximum atomic E-state index is 10.0. The molecule has 0 aliphatic heterocycles. The van der Waals surface area contributed by atoms with Crippen LogP contribution in [0.5, 0.6) is 0 Å². The van der Waals surface area contributed by atoms with Crippen molar-refractivity contribution in [1.82, 2.24) is 4.98 Å². The van der Waals surface area contributed by atoms with Gasteiger partial charge in [0.05, 0.1) is 11.5 Å². The van der Waals surface area contributed by atoms with Crippen LogP contribution in [0.1, 0.15) is 5.69 Å². The number of hydrogen-bond donors (Lipinski definition) is 5.